The standard InChI is InChI=1S/C52H102O8/c1-3-5-7-9-11-13-15-17-18-19-20-21-22-23-24-25-26-27-28-29-30-31-33-35-37-39-41-43-46(53)45(42-40-38-36-34-32-16-14-12-10-8-6-4-2)51(57)59-44-47-48(54)49(55)50(56)52(58)60-47/h45-50,52-56,58H,3-44H2,1-2H3/t45?,46?,47-,48-,49+,50-,52?/m1/s1. The number of carbonyl (C=O) groups is 1. The van der Waals surface area contributed by atoms with Crippen molar-refractivity contribution in [1.82, 2.24) is 0 Å². The maximum atomic E-state index is 13.3. The highest BCUT2D eigenvalue weighted by atomic mass is 16.6. The number of carbonyl (C=O) groups excluding carboxylic acids is 1. The van der Waals surface area contributed by atoms with Crippen LogP contribution < -0.4 is 0 Å². The van der Waals surface area contributed by atoms with Gasteiger partial charge in [-0.25, -0.2) is 0 Å². The zero-order valence-corrected chi connectivity index (χ0v) is 39.7. The van der Waals surface area contributed by atoms with E-state index in [2.05, 4.69) is 13.8 Å². The Morgan fingerprint density at radius 2 is 0.700 bits per heavy atom. The van der Waals surface area contributed by atoms with Crippen molar-refractivity contribution < 1.29 is 39.8 Å². The third-order valence-corrected chi connectivity index (χ3v) is 13.3. The second-order valence-corrected chi connectivity index (χ2v) is 19.0. The third-order valence-electron chi connectivity index (χ3n) is 13.3. The molecule has 358 valence electrons. The van der Waals surface area contributed by atoms with Crippen molar-refractivity contribution >= 4 is 5.97 Å². The molecule has 0 aromatic heterocycles. The van der Waals surface area contributed by atoms with Crippen molar-refractivity contribution in [2.75, 3.05) is 6.61 Å². The fraction of sp³-hybridized carbons (Fsp3) is 0.981. The molecular weight excluding hydrogens is 753 g/mol. The Balaban J connectivity index is 2.12. The average Bonchev–Trinajstić information content (AvgIpc) is 3.24. The molecule has 8 heteroatoms. The topological polar surface area (TPSA) is 137 Å². The van der Waals surface area contributed by atoms with Crippen molar-refractivity contribution in [1.29, 1.82) is 0 Å². The fourth-order valence-electron chi connectivity index (χ4n) is 9.06. The van der Waals surface area contributed by atoms with Crippen LogP contribution in [0.2, 0.25) is 0 Å². The molecule has 0 aliphatic carbocycles. The van der Waals surface area contributed by atoms with Crippen LogP contribution in [0.1, 0.15) is 277 Å². The quantitative estimate of drug-likeness (QED) is 0.0302. The van der Waals surface area contributed by atoms with Gasteiger partial charge in [-0.2, -0.15) is 0 Å². The number of ether oxygens (including phenoxy) is 2. The number of aliphatic hydroxyl groups is 5. The highest BCUT2D eigenvalue weighted by molar-refractivity contribution is 5.73. The van der Waals surface area contributed by atoms with E-state index in [0.717, 1.165) is 38.5 Å². The number of aliphatic hydroxyl groups excluding tert-OH is 5. The lowest BCUT2D eigenvalue weighted by molar-refractivity contribution is -0.287. The monoisotopic (exact) mass is 855 g/mol. The molecule has 60 heavy (non-hydrogen) atoms. The van der Waals surface area contributed by atoms with Crippen molar-refractivity contribution in [2.24, 2.45) is 5.92 Å². The number of esters is 1. The van der Waals surface area contributed by atoms with Gasteiger partial charge >= 0.3 is 5.97 Å². The summed E-state index contributed by atoms with van der Waals surface area (Å²) < 4.78 is 10.7. The summed E-state index contributed by atoms with van der Waals surface area (Å²) >= 11 is 0. The van der Waals surface area contributed by atoms with Crippen LogP contribution >= 0.6 is 0 Å². The van der Waals surface area contributed by atoms with E-state index in [1.165, 1.54) is 212 Å². The molecule has 0 amide bonds. The first-order chi connectivity index (χ1) is 29.3. The van der Waals surface area contributed by atoms with Crippen LogP contribution in [0.3, 0.4) is 0 Å². The van der Waals surface area contributed by atoms with Gasteiger partial charge in [0, 0.05) is 0 Å². The fourth-order valence-corrected chi connectivity index (χ4v) is 9.06. The van der Waals surface area contributed by atoms with Crippen LogP contribution in [-0.2, 0) is 14.3 Å². The summed E-state index contributed by atoms with van der Waals surface area (Å²) in [7, 11) is 0. The molecule has 3 unspecified atom stereocenters. The molecule has 1 aliphatic heterocycles. The smallest absolute Gasteiger partial charge is 0.311 e. The largest absolute Gasteiger partial charge is 0.463 e. The van der Waals surface area contributed by atoms with Gasteiger partial charge in [-0.3, -0.25) is 4.79 Å². The van der Waals surface area contributed by atoms with Gasteiger partial charge in [0.05, 0.1) is 12.0 Å². The summed E-state index contributed by atoms with van der Waals surface area (Å²) in [6, 6.07) is 0. The molecule has 0 aromatic rings. The Kier molecular flexibility index (Phi) is 40.3. The number of unbranched alkanes of at least 4 members (excludes halogenated alkanes) is 37. The van der Waals surface area contributed by atoms with Crippen molar-refractivity contribution in [3.63, 3.8) is 0 Å². The lowest BCUT2D eigenvalue weighted by atomic mass is 9.91. The second-order valence-electron chi connectivity index (χ2n) is 19.0. The minimum atomic E-state index is -1.68. The van der Waals surface area contributed by atoms with Gasteiger partial charge in [-0.1, -0.05) is 264 Å². The molecule has 1 saturated heterocycles. The van der Waals surface area contributed by atoms with Crippen LogP contribution in [-0.4, -0.2) is 74.9 Å². The third kappa shape index (κ3) is 32.0. The average molecular weight is 855 g/mol. The van der Waals surface area contributed by atoms with Crippen LogP contribution in [0.5, 0.6) is 0 Å². The Labute approximate surface area is 371 Å². The summed E-state index contributed by atoms with van der Waals surface area (Å²) in [6.45, 7) is 4.17. The zero-order chi connectivity index (χ0) is 43.7. The summed E-state index contributed by atoms with van der Waals surface area (Å²) in [5.41, 5.74) is 0. The maximum Gasteiger partial charge on any atom is 0.311 e. The molecule has 1 fully saturated rings. The summed E-state index contributed by atoms with van der Waals surface area (Å²) in [4.78, 5) is 13.3. The molecule has 5 N–H and O–H groups in total. The van der Waals surface area contributed by atoms with E-state index in [1.807, 2.05) is 0 Å². The first kappa shape index (κ1) is 57.2. The molecule has 0 aromatic carbocycles. The van der Waals surface area contributed by atoms with E-state index in [4.69, 9.17) is 9.47 Å². The van der Waals surface area contributed by atoms with Crippen molar-refractivity contribution in [3.8, 4) is 0 Å². The number of rotatable bonds is 45. The summed E-state index contributed by atoms with van der Waals surface area (Å²) in [5, 5.41) is 51.1. The van der Waals surface area contributed by atoms with E-state index in [9.17, 15) is 30.3 Å². The van der Waals surface area contributed by atoms with Crippen LogP contribution in [0.4, 0.5) is 0 Å². The predicted octanol–water partition coefficient (Wildman–Crippen LogP) is 13.3. The van der Waals surface area contributed by atoms with E-state index in [-0.39, 0.29) is 6.61 Å². The van der Waals surface area contributed by atoms with Gasteiger partial charge in [-0.05, 0) is 12.8 Å². The van der Waals surface area contributed by atoms with E-state index in [0.29, 0.717) is 12.8 Å². The molecule has 1 heterocycles. The first-order valence-corrected chi connectivity index (χ1v) is 26.6. The minimum absolute atomic E-state index is 0.373. The molecule has 7 atom stereocenters. The van der Waals surface area contributed by atoms with Crippen LogP contribution in [0.25, 0.3) is 0 Å². The molecule has 0 radical (unpaired) electrons. The summed E-state index contributed by atoms with van der Waals surface area (Å²) in [5.74, 6) is -1.21. The van der Waals surface area contributed by atoms with Gasteiger partial charge in [0.2, 0.25) is 0 Å². The van der Waals surface area contributed by atoms with Crippen molar-refractivity contribution in [2.45, 2.75) is 314 Å². The Bertz CT molecular complexity index is 903. The highest BCUT2D eigenvalue weighted by Crippen LogP contribution is 2.25. The van der Waals surface area contributed by atoms with E-state index < -0.39 is 48.7 Å². The minimum Gasteiger partial charge on any atom is -0.463 e. The lowest BCUT2D eigenvalue weighted by Crippen LogP contribution is -2.58. The molecule has 1 rings (SSSR count). The Hall–Kier alpha value is -0.770. The highest BCUT2D eigenvalue weighted by Gasteiger charge is 2.43. The van der Waals surface area contributed by atoms with Crippen LogP contribution in [0.15, 0.2) is 0 Å². The Morgan fingerprint density at radius 1 is 0.417 bits per heavy atom. The van der Waals surface area contributed by atoms with E-state index >= 15 is 0 Å². The molecule has 0 saturated carbocycles. The molecule has 0 spiro atoms. The molecular formula is C52H102O8. The predicted molar refractivity (Wildman–Crippen MR) is 250 cm³/mol. The van der Waals surface area contributed by atoms with E-state index in [1.54, 1.807) is 0 Å². The van der Waals surface area contributed by atoms with Crippen molar-refractivity contribution in [3.05, 3.63) is 0 Å². The molecule has 8 nitrogen and oxygen atoms in total. The number of hydrogen-bond acceptors (Lipinski definition) is 8. The van der Waals surface area contributed by atoms with Gasteiger partial charge in [0.1, 0.15) is 31.0 Å². The van der Waals surface area contributed by atoms with Gasteiger partial charge in [0.15, 0.2) is 6.29 Å². The van der Waals surface area contributed by atoms with Crippen LogP contribution in [0, 0.1) is 5.92 Å². The SMILES string of the molecule is CCCCCCCCCCCCCCCCCCCCCCCCCCCCCC(O)C(CCCCCCCCCCCCCC)C(=O)OC[C@H]1OC(O)[C@H](O)[C@@H](O)[C@@H]1O. The van der Waals surface area contributed by atoms with Gasteiger partial charge in [0.25, 0.3) is 0 Å². The van der Waals surface area contributed by atoms with Gasteiger partial charge < -0.3 is 35.0 Å². The second kappa shape index (κ2) is 42.2. The molecule has 0 bridgehead atoms. The Morgan fingerprint density at radius 3 is 1.02 bits per heavy atom. The van der Waals surface area contributed by atoms with Gasteiger partial charge in [-0.15, -0.1) is 0 Å². The summed E-state index contributed by atoms with van der Waals surface area (Å²) in [6.07, 6.45) is 44.0. The lowest BCUT2D eigenvalue weighted by Gasteiger charge is -2.38. The number of hydrogen-bond donors (Lipinski definition) is 5. The normalized spacial score (nSPS) is 20.4. The zero-order valence-electron chi connectivity index (χ0n) is 39.7. The first-order valence-electron chi connectivity index (χ1n) is 26.6. The molecule has 1 aliphatic rings. The maximum absolute atomic E-state index is 13.3.